The van der Waals surface area contributed by atoms with Gasteiger partial charge in [-0.2, -0.15) is 15.0 Å². The van der Waals surface area contributed by atoms with E-state index >= 15 is 0 Å². The number of fused-ring (bicyclic) bond motifs is 1. The zero-order valence-electron chi connectivity index (χ0n) is 20.1. The van der Waals surface area contributed by atoms with Gasteiger partial charge in [-0.25, -0.2) is 19.9 Å². The molecule has 0 atom stereocenters. The quantitative estimate of drug-likeness (QED) is 0.260. The zero-order chi connectivity index (χ0) is 24.9. The molecular formula is C23H29N13. The first-order chi connectivity index (χ1) is 17.5. The van der Waals surface area contributed by atoms with E-state index in [0.717, 1.165) is 44.0 Å². The van der Waals surface area contributed by atoms with E-state index in [4.69, 9.17) is 31.4 Å². The lowest BCUT2D eigenvalue weighted by Gasteiger charge is -2.32. The number of hydrogen-bond donors (Lipinski definition) is 4. The van der Waals surface area contributed by atoms with Gasteiger partial charge in [0.2, 0.25) is 17.8 Å². The third-order valence-corrected chi connectivity index (χ3v) is 5.85. The average Bonchev–Trinajstić information content (AvgIpc) is 2.88. The second-order valence-corrected chi connectivity index (χ2v) is 8.54. The molecule has 13 nitrogen and oxygen atoms in total. The normalized spacial score (nSPS) is 14.2. The number of hydrogen-bond acceptors (Lipinski definition) is 13. The largest absolute Gasteiger partial charge is 0.368 e. The molecule has 186 valence electrons. The lowest BCUT2D eigenvalue weighted by atomic mass is 10.2. The third-order valence-electron chi connectivity index (χ3n) is 5.85. The number of benzene rings is 1. The summed E-state index contributed by atoms with van der Waals surface area (Å²) in [6.07, 6.45) is 2.56. The van der Waals surface area contributed by atoms with Crippen LogP contribution < -0.4 is 27.0 Å². The molecule has 1 aliphatic heterocycles. The predicted octanol–water partition coefficient (Wildman–Crippen LogP) is 1.10. The molecule has 1 aromatic carbocycles. The van der Waals surface area contributed by atoms with E-state index in [0.29, 0.717) is 41.8 Å². The SMILES string of the molecule is CN1CCN(c2cnc3c(NCCCNc4nc(N)nc(N)n4)nc(-c4ccccc4)nc3n2)CC1. The van der Waals surface area contributed by atoms with E-state index in [1.165, 1.54) is 0 Å². The van der Waals surface area contributed by atoms with Crippen LogP contribution in [0.2, 0.25) is 0 Å². The number of nitrogen functional groups attached to an aromatic ring is 2. The molecule has 36 heavy (non-hydrogen) atoms. The van der Waals surface area contributed by atoms with Crippen molar-refractivity contribution < 1.29 is 0 Å². The van der Waals surface area contributed by atoms with Crippen LogP contribution in [0.3, 0.4) is 0 Å². The maximum Gasteiger partial charge on any atom is 0.229 e. The minimum absolute atomic E-state index is 0.0820. The fourth-order valence-electron chi connectivity index (χ4n) is 3.91. The van der Waals surface area contributed by atoms with Gasteiger partial charge in [0.25, 0.3) is 0 Å². The maximum absolute atomic E-state index is 5.62. The fraction of sp³-hybridized carbons (Fsp3) is 0.348. The minimum atomic E-state index is 0.0820. The molecule has 4 aromatic rings. The van der Waals surface area contributed by atoms with Crippen LogP contribution in [-0.2, 0) is 0 Å². The van der Waals surface area contributed by atoms with Gasteiger partial charge in [-0.05, 0) is 13.5 Å². The number of nitrogens with two attached hydrogens (primary N) is 2. The van der Waals surface area contributed by atoms with Crippen LogP contribution in [0, 0.1) is 0 Å². The van der Waals surface area contributed by atoms with Gasteiger partial charge in [-0.3, -0.25) is 0 Å². The Morgan fingerprint density at radius 1 is 0.833 bits per heavy atom. The smallest absolute Gasteiger partial charge is 0.229 e. The summed E-state index contributed by atoms with van der Waals surface area (Å²) >= 11 is 0. The molecule has 0 radical (unpaired) electrons. The van der Waals surface area contributed by atoms with Gasteiger partial charge < -0.3 is 31.9 Å². The summed E-state index contributed by atoms with van der Waals surface area (Å²) < 4.78 is 0. The Labute approximate surface area is 208 Å². The van der Waals surface area contributed by atoms with Gasteiger partial charge in [0, 0.05) is 44.8 Å². The summed E-state index contributed by atoms with van der Waals surface area (Å²) in [7, 11) is 2.13. The molecule has 0 spiro atoms. The van der Waals surface area contributed by atoms with Gasteiger partial charge in [-0.15, -0.1) is 0 Å². The fourth-order valence-corrected chi connectivity index (χ4v) is 3.91. The van der Waals surface area contributed by atoms with Crippen molar-refractivity contribution in [1.82, 2.24) is 39.8 Å². The predicted molar refractivity (Wildman–Crippen MR) is 141 cm³/mol. The Balaban J connectivity index is 1.34. The third kappa shape index (κ3) is 5.46. The van der Waals surface area contributed by atoms with E-state index in [-0.39, 0.29) is 11.9 Å². The topological polar surface area (TPSA) is 173 Å². The molecule has 0 amide bonds. The van der Waals surface area contributed by atoms with Gasteiger partial charge in [0.15, 0.2) is 22.8 Å². The summed E-state index contributed by atoms with van der Waals surface area (Å²) in [6, 6.07) is 9.87. The van der Waals surface area contributed by atoms with Gasteiger partial charge in [-0.1, -0.05) is 30.3 Å². The lowest BCUT2D eigenvalue weighted by molar-refractivity contribution is 0.312. The van der Waals surface area contributed by atoms with Crippen LogP contribution in [-0.4, -0.2) is 86.1 Å². The van der Waals surface area contributed by atoms with Gasteiger partial charge in [0.05, 0.1) is 6.20 Å². The standard InChI is InChI=1S/C23H29N13/c1-35-10-12-36(13-11-35)16-14-28-17-19(26-8-5-9-27-23-33-21(24)32-22(25)34-23)30-18(31-20(17)29-16)15-6-3-2-4-7-15/h2-4,6-7,14H,5,8-13H2,1H3,(H,26,29,30,31)(H5,24,25,27,32,33,34). The molecule has 0 saturated carbocycles. The summed E-state index contributed by atoms with van der Waals surface area (Å²) in [4.78, 5) is 35.5. The Morgan fingerprint density at radius 2 is 1.56 bits per heavy atom. The van der Waals surface area contributed by atoms with Crippen LogP contribution in [0.25, 0.3) is 22.6 Å². The minimum Gasteiger partial charge on any atom is -0.368 e. The number of nitrogens with zero attached hydrogens (tertiary/aromatic N) is 9. The molecule has 6 N–H and O–H groups in total. The van der Waals surface area contributed by atoms with Crippen molar-refractivity contribution in [2.45, 2.75) is 6.42 Å². The molecule has 1 saturated heterocycles. The zero-order valence-corrected chi connectivity index (χ0v) is 20.1. The average molecular weight is 488 g/mol. The van der Waals surface area contributed by atoms with Crippen molar-refractivity contribution in [2.24, 2.45) is 0 Å². The van der Waals surface area contributed by atoms with Gasteiger partial charge in [0.1, 0.15) is 5.82 Å². The second kappa shape index (κ2) is 10.5. The molecule has 3 aromatic heterocycles. The van der Waals surface area contributed by atoms with E-state index in [1.807, 2.05) is 36.5 Å². The molecule has 1 fully saturated rings. The molecule has 0 aliphatic carbocycles. The summed E-state index contributed by atoms with van der Waals surface area (Å²) in [5.41, 5.74) is 13.4. The molecular weight excluding hydrogens is 458 g/mol. The van der Waals surface area contributed by atoms with Gasteiger partial charge >= 0.3 is 0 Å². The highest BCUT2D eigenvalue weighted by Crippen LogP contribution is 2.24. The van der Waals surface area contributed by atoms with E-state index < -0.39 is 0 Å². The first-order valence-electron chi connectivity index (χ1n) is 11.8. The highest BCUT2D eigenvalue weighted by molar-refractivity contribution is 5.85. The molecule has 1 aliphatic rings. The van der Waals surface area contributed by atoms with Crippen molar-refractivity contribution in [3.05, 3.63) is 36.5 Å². The Morgan fingerprint density at radius 3 is 2.31 bits per heavy atom. The van der Waals surface area contributed by atoms with Crippen LogP contribution in [0.15, 0.2) is 36.5 Å². The van der Waals surface area contributed by atoms with Crippen molar-refractivity contribution >= 4 is 40.6 Å². The first-order valence-corrected chi connectivity index (χ1v) is 11.8. The molecule has 4 heterocycles. The van der Waals surface area contributed by atoms with Crippen molar-refractivity contribution in [3.63, 3.8) is 0 Å². The molecule has 0 unspecified atom stereocenters. The number of aromatic nitrogens is 7. The Kier molecular flexibility index (Phi) is 6.80. The lowest BCUT2D eigenvalue weighted by Crippen LogP contribution is -2.44. The van der Waals surface area contributed by atoms with Crippen molar-refractivity contribution in [2.75, 3.05) is 73.3 Å². The number of likely N-dealkylation sites (N-methyl/N-ethyl adjacent to an activating group) is 1. The summed E-state index contributed by atoms with van der Waals surface area (Å²) in [6.45, 7) is 5.02. The summed E-state index contributed by atoms with van der Waals surface area (Å²) in [5.74, 6) is 2.59. The second-order valence-electron chi connectivity index (χ2n) is 8.54. The van der Waals surface area contributed by atoms with Crippen LogP contribution in [0.1, 0.15) is 6.42 Å². The molecule has 0 bridgehead atoms. The number of rotatable bonds is 8. The van der Waals surface area contributed by atoms with E-state index in [9.17, 15) is 0 Å². The Bertz CT molecular complexity index is 1300. The number of nitrogens with one attached hydrogen (secondary N) is 2. The van der Waals surface area contributed by atoms with Crippen molar-refractivity contribution in [1.29, 1.82) is 0 Å². The number of piperazine rings is 1. The van der Waals surface area contributed by atoms with Crippen LogP contribution >= 0.6 is 0 Å². The highest BCUT2D eigenvalue weighted by Gasteiger charge is 2.18. The Hall–Kier alpha value is -4.39. The monoisotopic (exact) mass is 487 g/mol. The van der Waals surface area contributed by atoms with Crippen molar-refractivity contribution in [3.8, 4) is 11.4 Å². The molecule has 13 heteroatoms. The van der Waals surface area contributed by atoms with E-state index in [2.05, 4.69) is 42.4 Å². The highest BCUT2D eigenvalue weighted by atomic mass is 15.3. The number of anilines is 5. The molecule has 5 rings (SSSR count). The van der Waals surface area contributed by atoms with E-state index in [1.54, 1.807) is 0 Å². The van der Waals surface area contributed by atoms with Crippen LogP contribution in [0.4, 0.5) is 29.5 Å². The summed E-state index contributed by atoms with van der Waals surface area (Å²) in [5, 5.41) is 6.50. The maximum atomic E-state index is 5.62. The van der Waals surface area contributed by atoms with Crippen LogP contribution in [0.5, 0.6) is 0 Å². The first kappa shape index (κ1) is 23.4.